The number of halogens is 2. The molecular formula is C14H19F2NO3. The molecule has 112 valence electrons. The van der Waals surface area contributed by atoms with Crippen LogP contribution in [-0.4, -0.2) is 29.8 Å². The monoisotopic (exact) mass is 287 g/mol. The van der Waals surface area contributed by atoms with Crippen molar-refractivity contribution in [1.82, 2.24) is 5.32 Å². The molecule has 0 aliphatic rings. The van der Waals surface area contributed by atoms with Gasteiger partial charge in [-0.3, -0.25) is 4.79 Å². The van der Waals surface area contributed by atoms with Crippen molar-refractivity contribution < 1.29 is 23.4 Å². The molecule has 0 unspecified atom stereocenters. The molecule has 1 rings (SSSR count). The number of ether oxygens (including phenoxy) is 1. The molecule has 2 N–H and O–H groups in total. The van der Waals surface area contributed by atoms with Crippen LogP contribution >= 0.6 is 0 Å². The Morgan fingerprint density at radius 2 is 2.00 bits per heavy atom. The molecule has 0 aliphatic carbocycles. The summed E-state index contributed by atoms with van der Waals surface area (Å²) in [4.78, 5) is 11.5. The van der Waals surface area contributed by atoms with Gasteiger partial charge in [-0.15, -0.1) is 0 Å². The van der Waals surface area contributed by atoms with Crippen LogP contribution in [0.4, 0.5) is 8.78 Å². The molecule has 0 bridgehead atoms. The Morgan fingerprint density at radius 1 is 1.35 bits per heavy atom. The third-order valence-electron chi connectivity index (χ3n) is 3.18. The largest absolute Gasteiger partial charge is 0.481 e. The maximum atomic E-state index is 13.2. The highest BCUT2D eigenvalue weighted by atomic mass is 19.1. The second-order valence-corrected chi connectivity index (χ2v) is 4.57. The number of carbonyl (C=O) groups excluding carboxylic acids is 1. The first-order chi connectivity index (χ1) is 9.40. The highest BCUT2D eigenvalue weighted by Crippen LogP contribution is 2.17. The van der Waals surface area contributed by atoms with Gasteiger partial charge in [0, 0.05) is 12.6 Å². The molecule has 0 atom stereocenters. The summed E-state index contributed by atoms with van der Waals surface area (Å²) in [6.45, 7) is 3.35. The van der Waals surface area contributed by atoms with E-state index in [1.165, 1.54) is 0 Å². The topological polar surface area (TPSA) is 58.6 Å². The van der Waals surface area contributed by atoms with E-state index in [2.05, 4.69) is 5.32 Å². The minimum Gasteiger partial charge on any atom is -0.481 e. The standard InChI is InChI=1S/C14H19F2NO3/c1-3-14(19,4-2)9-17-13(18)8-20-12-6-5-10(15)7-11(12)16/h5-7,19H,3-4,8-9H2,1-2H3,(H,17,18). The fourth-order valence-electron chi connectivity index (χ4n) is 1.55. The molecule has 0 saturated heterocycles. The van der Waals surface area contributed by atoms with Crippen molar-refractivity contribution in [1.29, 1.82) is 0 Å². The summed E-state index contributed by atoms with van der Waals surface area (Å²) in [7, 11) is 0. The highest BCUT2D eigenvalue weighted by Gasteiger charge is 2.22. The minimum absolute atomic E-state index is 0.105. The Labute approximate surface area is 116 Å². The lowest BCUT2D eigenvalue weighted by atomic mass is 9.98. The molecular weight excluding hydrogens is 268 g/mol. The van der Waals surface area contributed by atoms with Crippen LogP contribution in [0.3, 0.4) is 0 Å². The average Bonchev–Trinajstić information content (AvgIpc) is 2.44. The smallest absolute Gasteiger partial charge is 0.258 e. The average molecular weight is 287 g/mol. The second kappa shape index (κ2) is 7.19. The van der Waals surface area contributed by atoms with Crippen LogP contribution in [0.25, 0.3) is 0 Å². The maximum absolute atomic E-state index is 13.2. The number of carbonyl (C=O) groups is 1. The van der Waals surface area contributed by atoms with Crippen LogP contribution in [0.2, 0.25) is 0 Å². The highest BCUT2D eigenvalue weighted by molar-refractivity contribution is 5.77. The van der Waals surface area contributed by atoms with Crippen molar-refractivity contribution in [3.63, 3.8) is 0 Å². The van der Waals surface area contributed by atoms with Gasteiger partial charge < -0.3 is 15.2 Å². The van der Waals surface area contributed by atoms with Gasteiger partial charge in [0.2, 0.25) is 0 Å². The molecule has 1 aromatic rings. The number of aliphatic hydroxyl groups is 1. The van der Waals surface area contributed by atoms with E-state index >= 15 is 0 Å². The fraction of sp³-hybridized carbons (Fsp3) is 0.500. The van der Waals surface area contributed by atoms with Crippen molar-refractivity contribution in [2.24, 2.45) is 0 Å². The molecule has 0 aromatic heterocycles. The predicted molar refractivity (Wildman–Crippen MR) is 70.4 cm³/mol. The number of hydrogen-bond acceptors (Lipinski definition) is 3. The molecule has 0 radical (unpaired) electrons. The number of amides is 1. The van der Waals surface area contributed by atoms with E-state index in [9.17, 15) is 18.7 Å². The normalized spacial score (nSPS) is 11.2. The van der Waals surface area contributed by atoms with E-state index in [-0.39, 0.29) is 12.3 Å². The van der Waals surface area contributed by atoms with Crippen LogP contribution in [0, 0.1) is 11.6 Å². The molecule has 0 aliphatic heterocycles. The first kappa shape index (κ1) is 16.4. The summed E-state index contributed by atoms with van der Waals surface area (Å²) in [5.74, 6) is -2.25. The SMILES string of the molecule is CCC(O)(CC)CNC(=O)COc1ccc(F)cc1F. The van der Waals surface area contributed by atoms with Crippen LogP contribution in [0.1, 0.15) is 26.7 Å². The van der Waals surface area contributed by atoms with Crippen molar-refractivity contribution in [2.45, 2.75) is 32.3 Å². The van der Waals surface area contributed by atoms with Crippen molar-refractivity contribution in [3.8, 4) is 5.75 Å². The Morgan fingerprint density at radius 3 is 2.55 bits per heavy atom. The summed E-state index contributed by atoms with van der Waals surface area (Å²) < 4.78 is 30.9. The summed E-state index contributed by atoms with van der Waals surface area (Å²) in [6.07, 6.45) is 1.02. The van der Waals surface area contributed by atoms with Gasteiger partial charge in [-0.05, 0) is 25.0 Å². The maximum Gasteiger partial charge on any atom is 0.258 e. The van der Waals surface area contributed by atoms with E-state index in [1.54, 1.807) is 0 Å². The summed E-state index contributed by atoms with van der Waals surface area (Å²) in [6, 6.07) is 2.84. The van der Waals surface area contributed by atoms with Gasteiger partial charge in [0.05, 0.1) is 5.60 Å². The molecule has 6 heteroatoms. The third-order valence-corrected chi connectivity index (χ3v) is 3.18. The molecule has 1 aromatic carbocycles. The third kappa shape index (κ3) is 4.77. The lowest BCUT2D eigenvalue weighted by molar-refractivity contribution is -0.124. The van der Waals surface area contributed by atoms with E-state index in [0.29, 0.717) is 18.9 Å². The first-order valence-corrected chi connectivity index (χ1v) is 6.47. The van der Waals surface area contributed by atoms with E-state index in [4.69, 9.17) is 4.74 Å². The van der Waals surface area contributed by atoms with Gasteiger partial charge in [-0.25, -0.2) is 8.78 Å². The quantitative estimate of drug-likeness (QED) is 0.806. The van der Waals surface area contributed by atoms with Crippen molar-refractivity contribution in [2.75, 3.05) is 13.2 Å². The fourth-order valence-corrected chi connectivity index (χ4v) is 1.55. The van der Waals surface area contributed by atoms with Crippen LogP contribution in [-0.2, 0) is 4.79 Å². The molecule has 4 nitrogen and oxygen atoms in total. The van der Waals surface area contributed by atoms with Crippen LogP contribution in [0.5, 0.6) is 5.75 Å². The Hall–Kier alpha value is -1.69. The second-order valence-electron chi connectivity index (χ2n) is 4.57. The van der Waals surface area contributed by atoms with Crippen LogP contribution in [0.15, 0.2) is 18.2 Å². The molecule has 0 heterocycles. The first-order valence-electron chi connectivity index (χ1n) is 6.47. The zero-order valence-corrected chi connectivity index (χ0v) is 11.6. The van der Waals surface area contributed by atoms with Crippen molar-refractivity contribution in [3.05, 3.63) is 29.8 Å². The number of nitrogens with one attached hydrogen (secondary N) is 1. The van der Waals surface area contributed by atoms with Crippen molar-refractivity contribution >= 4 is 5.91 Å². The lowest BCUT2D eigenvalue weighted by Crippen LogP contribution is -2.43. The Balaban J connectivity index is 2.44. The van der Waals surface area contributed by atoms with Crippen LogP contribution < -0.4 is 10.1 Å². The summed E-state index contributed by atoms with van der Waals surface area (Å²) in [5.41, 5.74) is -0.948. The minimum atomic E-state index is -0.948. The lowest BCUT2D eigenvalue weighted by Gasteiger charge is -2.25. The number of benzene rings is 1. The van der Waals surface area contributed by atoms with Gasteiger partial charge in [-0.2, -0.15) is 0 Å². The number of hydrogen-bond donors (Lipinski definition) is 2. The van der Waals surface area contributed by atoms with E-state index in [1.807, 2.05) is 13.8 Å². The van der Waals surface area contributed by atoms with E-state index in [0.717, 1.165) is 12.1 Å². The molecule has 0 spiro atoms. The van der Waals surface area contributed by atoms with Gasteiger partial charge in [0.1, 0.15) is 5.82 Å². The number of rotatable bonds is 7. The van der Waals surface area contributed by atoms with Gasteiger partial charge in [0.15, 0.2) is 18.2 Å². The summed E-state index contributed by atoms with van der Waals surface area (Å²) in [5, 5.41) is 12.5. The zero-order valence-electron chi connectivity index (χ0n) is 11.6. The Bertz CT molecular complexity index is 462. The van der Waals surface area contributed by atoms with Gasteiger partial charge >= 0.3 is 0 Å². The van der Waals surface area contributed by atoms with Gasteiger partial charge in [-0.1, -0.05) is 13.8 Å². The summed E-state index contributed by atoms with van der Waals surface area (Å²) >= 11 is 0. The molecule has 0 fully saturated rings. The molecule has 0 saturated carbocycles. The van der Waals surface area contributed by atoms with Gasteiger partial charge in [0.25, 0.3) is 5.91 Å². The molecule has 1 amide bonds. The molecule has 20 heavy (non-hydrogen) atoms. The van der Waals surface area contributed by atoms with E-state index < -0.39 is 29.7 Å². The zero-order chi connectivity index (χ0) is 15.2. The Kier molecular flexibility index (Phi) is 5.88. The predicted octanol–water partition coefficient (Wildman–Crippen LogP) is 2.01.